The highest BCUT2D eigenvalue weighted by Gasteiger charge is 2.12. The van der Waals surface area contributed by atoms with Gasteiger partial charge in [-0.2, -0.15) is 0 Å². The van der Waals surface area contributed by atoms with Crippen LogP contribution in [0.15, 0.2) is 42.5 Å². The van der Waals surface area contributed by atoms with Crippen LogP contribution in [0.3, 0.4) is 0 Å². The van der Waals surface area contributed by atoms with E-state index in [1.54, 1.807) is 6.07 Å². The molecule has 2 rings (SSSR count). The van der Waals surface area contributed by atoms with Crippen molar-refractivity contribution in [3.63, 3.8) is 0 Å². The third kappa shape index (κ3) is 4.30. The first kappa shape index (κ1) is 15.5. The molecule has 0 saturated carbocycles. The van der Waals surface area contributed by atoms with Gasteiger partial charge in [0.2, 0.25) is 0 Å². The molecule has 0 saturated heterocycles. The van der Waals surface area contributed by atoms with E-state index < -0.39 is 0 Å². The second-order valence-corrected chi connectivity index (χ2v) is 5.24. The molecule has 3 heteroatoms. The Labute approximate surface area is 126 Å². The second-order valence-electron chi connectivity index (χ2n) is 5.24. The summed E-state index contributed by atoms with van der Waals surface area (Å²) in [5, 5.41) is 3.42. The van der Waals surface area contributed by atoms with Gasteiger partial charge < -0.3 is 10.1 Å². The molecule has 0 heterocycles. The smallest absolute Gasteiger partial charge is 0.123 e. The summed E-state index contributed by atoms with van der Waals surface area (Å²) in [5.41, 5.74) is 3.25. The Morgan fingerprint density at radius 2 is 1.81 bits per heavy atom. The van der Waals surface area contributed by atoms with Crippen molar-refractivity contribution in [2.45, 2.75) is 26.8 Å². The third-order valence-electron chi connectivity index (χ3n) is 3.47. The minimum Gasteiger partial charge on any atom is -0.491 e. The lowest BCUT2D eigenvalue weighted by molar-refractivity contribution is 0.266. The van der Waals surface area contributed by atoms with Crippen LogP contribution < -0.4 is 10.1 Å². The van der Waals surface area contributed by atoms with Crippen molar-refractivity contribution in [2.75, 3.05) is 13.2 Å². The van der Waals surface area contributed by atoms with E-state index in [1.165, 1.54) is 23.3 Å². The Bertz CT molecular complexity index is 580. The van der Waals surface area contributed by atoms with Crippen molar-refractivity contribution >= 4 is 0 Å². The van der Waals surface area contributed by atoms with Gasteiger partial charge >= 0.3 is 0 Å². The van der Waals surface area contributed by atoms with E-state index in [0.717, 1.165) is 17.9 Å². The number of nitrogens with one attached hydrogen (secondary N) is 1. The normalized spacial score (nSPS) is 12.2. The Morgan fingerprint density at radius 1 is 1.10 bits per heavy atom. The summed E-state index contributed by atoms with van der Waals surface area (Å²) in [5.74, 6) is 0.494. The van der Waals surface area contributed by atoms with Crippen molar-refractivity contribution < 1.29 is 9.13 Å². The van der Waals surface area contributed by atoms with Crippen molar-refractivity contribution in [1.29, 1.82) is 0 Å². The number of aryl methyl sites for hydroxylation is 2. The lowest BCUT2D eigenvalue weighted by atomic mass is 10.1. The molecule has 0 fully saturated rings. The number of benzene rings is 2. The molecule has 0 aliphatic carbocycles. The molecule has 2 aromatic rings. The lowest BCUT2D eigenvalue weighted by Gasteiger charge is -2.20. The standard InChI is InChI=1S/C18H22FNO/c1-4-20-17(15-7-5-13(2)6-8-15)12-21-18-10-9-16(19)11-14(18)3/h5-11,17,20H,4,12H2,1-3H3. The number of hydrogen-bond acceptors (Lipinski definition) is 2. The van der Waals surface area contributed by atoms with Gasteiger partial charge in [0.05, 0.1) is 6.04 Å². The van der Waals surface area contributed by atoms with Gasteiger partial charge in [0.25, 0.3) is 0 Å². The first-order valence-electron chi connectivity index (χ1n) is 7.29. The monoisotopic (exact) mass is 287 g/mol. The molecule has 0 aliphatic heterocycles. The summed E-state index contributed by atoms with van der Waals surface area (Å²) < 4.78 is 19.0. The predicted octanol–water partition coefficient (Wildman–Crippen LogP) is 4.17. The first-order chi connectivity index (χ1) is 10.1. The van der Waals surface area contributed by atoms with Crippen LogP contribution in [0.25, 0.3) is 0 Å². The largest absolute Gasteiger partial charge is 0.491 e. The van der Waals surface area contributed by atoms with Crippen LogP contribution >= 0.6 is 0 Å². The quantitative estimate of drug-likeness (QED) is 0.861. The topological polar surface area (TPSA) is 21.3 Å². The Kier molecular flexibility index (Phi) is 5.34. The molecule has 1 atom stereocenters. The third-order valence-corrected chi connectivity index (χ3v) is 3.47. The fourth-order valence-electron chi connectivity index (χ4n) is 2.27. The maximum Gasteiger partial charge on any atom is 0.123 e. The van der Waals surface area contributed by atoms with Crippen LogP contribution in [0.4, 0.5) is 4.39 Å². The second kappa shape index (κ2) is 7.23. The zero-order chi connectivity index (χ0) is 15.2. The molecular weight excluding hydrogens is 265 g/mol. The summed E-state index contributed by atoms with van der Waals surface area (Å²) >= 11 is 0. The maximum atomic E-state index is 13.1. The van der Waals surface area contributed by atoms with Crippen LogP contribution in [0.2, 0.25) is 0 Å². The number of rotatable bonds is 6. The van der Waals surface area contributed by atoms with Gasteiger partial charge in [-0.15, -0.1) is 0 Å². The highest BCUT2D eigenvalue weighted by molar-refractivity contribution is 5.33. The average Bonchev–Trinajstić information content (AvgIpc) is 2.46. The van der Waals surface area contributed by atoms with E-state index in [0.29, 0.717) is 6.61 Å². The van der Waals surface area contributed by atoms with Gasteiger partial charge in [-0.25, -0.2) is 4.39 Å². The summed E-state index contributed by atoms with van der Waals surface area (Å²) in [6.07, 6.45) is 0. The van der Waals surface area contributed by atoms with E-state index in [4.69, 9.17) is 4.74 Å². The van der Waals surface area contributed by atoms with Crippen LogP contribution in [-0.2, 0) is 0 Å². The highest BCUT2D eigenvalue weighted by atomic mass is 19.1. The summed E-state index contributed by atoms with van der Waals surface area (Å²) in [6, 6.07) is 13.2. The fraction of sp³-hybridized carbons (Fsp3) is 0.333. The molecule has 0 aromatic heterocycles. The van der Waals surface area contributed by atoms with Gasteiger partial charge in [0.1, 0.15) is 18.2 Å². The summed E-state index contributed by atoms with van der Waals surface area (Å²) in [6.45, 7) is 7.38. The van der Waals surface area contributed by atoms with Gasteiger partial charge in [-0.1, -0.05) is 36.8 Å². The molecule has 0 spiro atoms. The molecule has 112 valence electrons. The van der Waals surface area contributed by atoms with Crippen molar-refractivity contribution in [3.05, 3.63) is 65.0 Å². The zero-order valence-electron chi connectivity index (χ0n) is 12.8. The summed E-state index contributed by atoms with van der Waals surface area (Å²) in [4.78, 5) is 0. The van der Waals surface area contributed by atoms with Gasteiger partial charge in [0, 0.05) is 0 Å². The molecule has 21 heavy (non-hydrogen) atoms. The summed E-state index contributed by atoms with van der Waals surface area (Å²) in [7, 11) is 0. The van der Waals surface area contributed by atoms with Gasteiger partial charge in [-0.05, 0) is 49.7 Å². The van der Waals surface area contributed by atoms with Crippen LogP contribution in [-0.4, -0.2) is 13.2 Å². The minimum absolute atomic E-state index is 0.125. The first-order valence-corrected chi connectivity index (χ1v) is 7.29. The van der Waals surface area contributed by atoms with Crippen molar-refractivity contribution in [2.24, 2.45) is 0 Å². The molecule has 1 unspecified atom stereocenters. The van der Waals surface area contributed by atoms with Crippen molar-refractivity contribution in [3.8, 4) is 5.75 Å². The number of likely N-dealkylation sites (N-methyl/N-ethyl adjacent to an activating group) is 1. The van der Waals surface area contributed by atoms with Crippen LogP contribution in [0, 0.1) is 19.7 Å². The predicted molar refractivity (Wildman–Crippen MR) is 84.2 cm³/mol. The number of ether oxygens (including phenoxy) is 1. The molecule has 0 bridgehead atoms. The molecular formula is C18H22FNO. The Hall–Kier alpha value is -1.87. The average molecular weight is 287 g/mol. The Balaban J connectivity index is 2.07. The lowest BCUT2D eigenvalue weighted by Crippen LogP contribution is -2.26. The van der Waals surface area contributed by atoms with E-state index in [2.05, 4.69) is 43.4 Å². The van der Waals surface area contributed by atoms with Crippen LogP contribution in [0.5, 0.6) is 5.75 Å². The SMILES string of the molecule is CCNC(COc1ccc(F)cc1C)c1ccc(C)cc1. The molecule has 2 nitrogen and oxygen atoms in total. The van der Waals surface area contributed by atoms with Crippen molar-refractivity contribution in [1.82, 2.24) is 5.32 Å². The molecule has 0 aliphatic rings. The van der Waals surface area contributed by atoms with E-state index in [1.807, 2.05) is 6.92 Å². The molecule has 0 amide bonds. The minimum atomic E-state index is -0.235. The van der Waals surface area contributed by atoms with Gasteiger partial charge in [0.15, 0.2) is 0 Å². The fourth-order valence-corrected chi connectivity index (χ4v) is 2.27. The Morgan fingerprint density at radius 3 is 2.43 bits per heavy atom. The van der Waals surface area contributed by atoms with Crippen LogP contribution in [0.1, 0.15) is 29.7 Å². The highest BCUT2D eigenvalue weighted by Crippen LogP contribution is 2.21. The maximum absolute atomic E-state index is 13.1. The van der Waals surface area contributed by atoms with E-state index in [-0.39, 0.29) is 11.9 Å². The van der Waals surface area contributed by atoms with Gasteiger partial charge in [-0.3, -0.25) is 0 Å². The molecule has 1 N–H and O–H groups in total. The number of hydrogen-bond donors (Lipinski definition) is 1. The zero-order valence-corrected chi connectivity index (χ0v) is 12.8. The molecule has 2 aromatic carbocycles. The van der Waals surface area contributed by atoms with E-state index >= 15 is 0 Å². The molecule has 0 radical (unpaired) electrons. The van der Waals surface area contributed by atoms with E-state index in [9.17, 15) is 4.39 Å². The number of halogens is 1.